The first-order valence-electron chi connectivity index (χ1n) is 9.86. The molecule has 0 radical (unpaired) electrons. The van der Waals surface area contributed by atoms with Gasteiger partial charge in [0.05, 0.1) is 35.3 Å². The Morgan fingerprint density at radius 3 is 2.56 bits per heavy atom. The van der Waals surface area contributed by atoms with Crippen LogP contribution in [0.15, 0.2) is 52.4 Å². The van der Waals surface area contributed by atoms with Crippen LogP contribution in [0.3, 0.4) is 0 Å². The van der Waals surface area contributed by atoms with Gasteiger partial charge in [-0.25, -0.2) is 17.6 Å². The van der Waals surface area contributed by atoms with Crippen LogP contribution in [0, 0.1) is 5.82 Å². The summed E-state index contributed by atoms with van der Waals surface area (Å²) >= 11 is 1.13. The lowest BCUT2D eigenvalue weighted by molar-refractivity contribution is -0.113. The molecule has 2 aromatic carbocycles. The molecule has 0 saturated heterocycles. The molecule has 3 N–H and O–H groups in total. The maximum Gasteiger partial charge on any atom is 0.323 e. The van der Waals surface area contributed by atoms with Gasteiger partial charge in [-0.1, -0.05) is 11.8 Å². The van der Waals surface area contributed by atoms with Crippen molar-refractivity contribution in [2.45, 2.75) is 11.7 Å². The number of H-pyrrole nitrogens is 2. The van der Waals surface area contributed by atoms with Crippen molar-refractivity contribution in [3.8, 4) is 0 Å². The zero-order chi connectivity index (χ0) is 24.5. The number of halogens is 1. The summed E-state index contributed by atoms with van der Waals surface area (Å²) in [5, 5.41) is 11.3. The van der Waals surface area contributed by atoms with Crippen LogP contribution >= 0.6 is 11.8 Å². The summed E-state index contributed by atoms with van der Waals surface area (Å²) in [6.45, 7) is -0.115. The van der Waals surface area contributed by atoms with Crippen molar-refractivity contribution in [1.82, 2.24) is 24.7 Å². The molecule has 4 rings (SSSR count). The highest BCUT2D eigenvalue weighted by molar-refractivity contribution is 7.99. The Balaban J connectivity index is 1.42. The number of thioether (sulfide) groups is 1. The lowest BCUT2D eigenvalue weighted by Crippen LogP contribution is -2.30. The van der Waals surface area contributed by atoms with E-state index >= 15 is 0 Å². The van der Waals surface area contributed by atoms with E-state index in [1.54, 1.807) is 29.8 Å². The predicted molar refractivity (Wildman–Crippen MR) is 127 cm³/mol. The Kier molecular flexibility index (Phi) is 6.43. The van der Waals surface area contributed by atoms with Crippen molar-refractivity contribution in [1.29, 1.82) is 0 Å². The van der Waals surface area contributed by atoms with Gasteiger partial charge in [0.15, 0.2) is 11.0 Å². The van der Waals surface area contributed by atoms with E-state index in [0.29, 0.717) is 33.4 Å². The number of hydrogen-bond acceptors (Lipinski definition) is 7. The monoisotopic (exact) mass is 505 g/mol. The predicted octanol–water partition coefficient (Wildman–Crippen LogP) is 1.82. The topological polar surface area (TPSA) is 146 Å². The Bertz CT molecular complexity index is 1510. The quantitative estimate of drug-likeness (QED) is 0.310. The van der Waals surface area contributed by atoms with Crippen LogP contribution in [0.25, 0.3) is 11.0 Å². The zero-order valence-electron chi connectivity index (χ0n) is 18.1. The van der Waals surface area contributed by atoms with Gasteiger partial charge in [-0.2, -0.15) is 0 Å². The van der Waals surface area contributed by atoms with Crippen LogP contribution in [0.5, 0.6) is 0 Å². The number of hydrogen-bond donors (Lipinski definition) is 3. The minimum Gasteiger partial charge on any atom is -0.325 e. The maximum absolute atomic E-state index is 13.3. The molecule has 178 valence electrons. The van der Waals surface area contributed by atoms with Crippen molar-refractivity contribution >= 4 is 50.1 Å². The van der Waals surface area contributed by atoms with E-state index in [1.165, 1.54) is 24.3 Å². The normalized spacial score (nSPS) is 11.6. The molecule has 0 aliphatic carbocycles. The number of benzene rings is 2. The number of carbonyl (C=O) groups excluding carboxylic acids is 1. The lowest BCUT2D eigenvalue weighted by atomic mass is 10.3. The minimum atomic E-state index is -3.68. The molecular formula is C20H20FN7O4S2. The Labute approximate surface area is 197 Å². The van der Waals surface area contributed by atoms with E-state index in [9.17, 15) is 22.4 Å². The molecule has 0 unspecified atom stereocenters. The van der Waals surface area contributed by atoms with Gasteiger partial charge in [0.25, 0.3) is 0 Å². The number of aromatic amines is 2. The largest absolute Gasteiger partial charge is 0.325 e. The van der Waals surface area contributed by atoms with Gasteiger partial charge in [0.1, 0.15) is 5.82 Å². The standard InChI is InChI=1S/C20H20FN7O4S2/c1-27-17(10-28(34(2,31)32)14-6-3-12(21)4-7-14)25-26-20(27)33-11-18(29)22-13-5-8-15-16(9-13)24-19(30)23-15/h3-9H,10-11H2,1-2H3,(H,22,29)(H2,23,24,30). The maximum atomic E-state index is 13.3. The van der Waals surface area contributed by atoms with Gasteiger partial charge >= 0.3 is 5.69 Å². The average Bonchev–Trinajstić information content (AvgIpc) is 3.31. The lowest BCUT2D eigenvalue weighted by Gasteiger charge is -2.21. The number of sulfonamides is 1. The Morgan fingerprint density at radius 1 is 1.15 bits per heavy atom. The number of rotatable bonds is 8. The summed E-state index contributed by atoms with van der Waals surface area (Å²) < 4.78 is 40.6. The summed E-state index contributed by atoms with van der Waals surface area (Å²) in [6.07, 6.45) is 1.05. The van der Waals surface area contributed by atoms with Crippen LogP contribution in [0.2, 0.25) is 0 Å². The molecule has 1 amide bonds. The third-order valence-electron chi connectivity index (χ3n) is 4.86. The number of aromatic nitrogens is 5. The Hall–Kier alpha value is -3.65. The molecular weight excluding hydrogens is 485 g/mol. The number of fused-ring (bicyclic) bond motifs is 1. The number of anilines is 2. The molecule has 0 spiro atoms. The second kappa shape index (κ2) is 9.30. The van der Waals surface area contributed by atoms with Gasteiger partial charge in [-0.05, 0) is 42.5 Å². The molecule has 0 bridgehead atoms. The van der Waals surface area contributed by atoms with Crippen LogP contribution in [-0.4, -0.2) is 51.1 Å². The average molecular weight is 506 g/mol. The van der Waals surface area contributed by atoms with Crippen LogP contribution in [0.1, 0.15) is 5.82 Å². The zero-order valence-corrected chi connectivity index (χ0v) is 19.7. The minimum absolute atomic E-state index is 0.0292. The highest BCUT2D eigenvalue weighted by Crippen LogP contribution is 2.23. The molecule has 2 aromatic heterocycles. The molecule has 0 saturated carbocycles. The molecule has 11 nitrogen and oxygen atoms in total. The number of imidazole rings is 1. The van der Waals surface area contributed by atoms with Crippen molar-refractivity contribution in [2.24, 2.45) is 7.05 Å². The highest BCUT2D eigenvalue weighted by Gasteiger charge is 2.22. The molecule has 0 fully saturated rings. The molecule has 2 heterocycles. The van der Waals surface area contributed by atoms with Gasteiger partial charge in [0.2, 0.25) is 15.9 Å². The van der Waals surface area contributed by atoms with Gasteiger partial charge in [0, 0.05) is 12.7 Å². The van der Waals surface area contributed by atoms with Gasteiger partial charge in [-0.15, -0.1) is 10.2 Å². The fourth-order valence-electron chi connectivity index (χ4n) is 3.18. The summed E-state index contributed by atoms with van der Waals surface area (Å²) in [7, 11) is -2.01. The van der Waals surface area contributed by atoms with E-state index in [4.69, 9.17) is 0 Å². The van der Waals surface area contributed by atoms with Crippen LogP contribution in [-0.2, 0) is 28.4 Å². The third kappa shape index (κ3) is 5.28. The summed E-state index contributed by atoms with van der Waals surface area (Å²) in [5.41, 5.74) is 1.69. The van der Waals surface area contributed by atoms with E-state index in [0.717, 1.165) is 22.3 Å². The first-order valence-corrected chi connectivity index (χ1v) is 12.7. The molecule has 34 heavy (non-hydrogen) atoms. The smallest absolute Gasteiger partial charge is 0.323 e. The molecule has 14 heteroatoms. The summed E-state index contributed by atoms with van der Waals surface area (Å²) in [4.78, 5) is 29.0. The summed E-state index contributed by atoms with van der Waals surface area (Å²) in [5.74, 6) is -0.397. The van der Waals surface area contributed by atoms with Crippen molar-refractivity contribution < 1.29 is 17.6 Å². The van der Waals surface area contributed by atoms with Crippen molar-refractivity contribution in [3.63, 3.8) is 0 Å². The van der Waals surface area contributed by atoms with Gasteiger partial charge < -0.3 is 19.9 Å². The third-order valence-corrected chi connectivity index (χ3v) is 7.02. The fraction of sp³-hybridized carbons (Fsp3) is 0.200. The van der Waals surface area contributed by atoms with Crippen LogP contribution < -0.4 is 15.3 Å². The second-order valence-electron chi connectivity index (χ2n) is 7.38. The van der Waals surface area contributed by atoms with E-state index in [2.05, 4.69) is 25.5 Å². The molecule has 4 aromatic rings. The van der Waals surface area contributed by atoms with E-state index in [1.807, 2.05) is 0 Å². The number of nitrogens with one attached hydrogen (secondary N) is 3. The van der Waals surface area contributed by atoms with Crippen molar-refractivity contribution in [3.05, 3.63) is 64.6 Å². The SMILES string of the molecule is Cn1c(CN(c2ccc(F)cc2)S(C)(=O)=O)nnc1SCC(=O)Nc1ccc2[nH]c(=O)[nH]c2c1. The van der Waals surface area contributed by atoms with E-state index < -0.39 is 15.8 Å². The number of amides is 1. The molecule has 0 aliphatic heterocycles. The number of carbonyl (C=O) groups is 1. The molecule has 0 aliphatic rings. The van der Waals surface area contributed by atoms with Gasteiger partial charge in [-0.3, -0.25) is 9.10 Å². The second-order valence-corrected chi connectivity index (χ2v) is 10.2. The first kappa shape index (κ1) is 23.5. The van der Waals surface area contributed by atoms with E-state index in [-0.39, 0.29) is 23.9 Å². The molecule has 0 atom stereocenters. The Morgan fingerprint density at radius 2 is 1.85 bits per heavy atom. The first-order chi connectivity index (χ1) is 16.1. The van der Waals surface area contributed by atoms with Crippen molar-refractivity contribution in [2.75, 3.05) is 21.6 Å². The summed E-state index contributed by atoms with van der Waals surface area (Å²) in [6, 6.07) is 10.1. The number of nitrogens with zero attached hydrogens (tertiary/aromatic N) is 4. The highest BCUT2D eigenvalue weighted by atomic mass is 32.2. The van der Waals surface area contributed by atoms with Crippen LogP contribution in [0.4, 0.5) is 15.8 Å². The fourth-order valence-corrected chi connectivity index (χ4v) is 4.77.